The van der Waals surface area contributed by atoms with Crippen LogP contribution >= 0.6 is 0 Å². The van der Waals surface area contributed by atoms with Crippen LogP contribution in [0, 0.1) is 0 Å². The van der Waals surface area contributed by atoms with Gasteiger partial charge in [-0.15, -0.1) is 0 Å². The van der Waals surface area contributed by atoms with Crippen LogP contribution in [-0.4, -0.2) is 35.6 Å². The average molecular weight is 205 g/mol. The zero-order valence-electron chi connectivity index (χ0n) is 9.32. The van der Waals surface area contributed by atoms with Crippen molar-refractivity contribution in [3.8, 4) is 0 Å². The third-order valence-electron chi connectivity index (χ3n) is 2.90. The first kappa shape index (κ1) is 10.6. The van der Waals surface area contributed by atoms with E-state index in [1.165, 1.54) is 18.5 Å². The first-order valence-electron chi connectivity index (χ1n) is 5.74. The molecule has 15 heavy (non-hydrogen) atoms. The van der Waals surface area contributed by atoms with Crippen molar-refractivity contribution in [1.29, 1.82) is 0 Å². The molecule has 0 aliphatic carbocycles. The van der Waals surface area contributed by atoms with E-state index in [1.54, 1.807) is 0 Å². The number of aromatic nitrogens is 1. The molecule has 1 aromatic rings. The first-order chi connectivity index (χ1) is 7.40. The van der Waals surface area contributed by atoms with Crippen molar-refractivity contribution in [2.75, 3.05) is 19.6 Å². The zero-order valence-corrected chi connectivity index (χ0v) is 9.32. The van der Waals surface area contributed by atoms with E-state index in [0.717, 1.165) is 25.7 Å². The molecule has 0 amide bonds. The largest absolute Gasteiger partial charge is 0.314 e. The summed E-state index contributed by atoms with van der Waals surface area (Å²) in [5, 5.41) is 3.33. The molecule has 1 saturated heterocycles. The van der Waals surface area contributed by atoms with Gasteiger partial charge in [0.25, 0.3) is 0 Å². The number of nitrogens with zero attached hydrogens (tertiary/aromatic N) is 2. The third-order valence-corrected chi connectivity index (χ3v) is 2.90. The van der Waals surface area contributed by atoms with Crippen LogP contribution in [-0.2, 0) is 6.54 Å². The Morgan fingerprint density at radius 1 is 1.53 bits per heavy atom. The Bertz CT molecular complexity index is 282. The molecule has 82 valence electrons. The highest BCUT2D eigenvalue weighted by atomic mass is 15.2. The maximum absolute atomic E-state index is 4.16. The summed E-state index contributed by atoms with van der Waals surface area (Å²) in [5.74, 6) is 0. The van der Waals surface area contributed by atoms with Gasteiger partial charge in [-0.05, 0) is 24.6 Å². The first-order valence-corrected chi connectivity index (χ1v) is 5.74. The van der Waals surface area contributed by atoms with E-state index in [1.807, 2.05) is 18.5 Å². The SMILES string of the molecule is CCCN(Cc1cccnc1)C1CNC1. The van der Waals surface area contributed by atoms with Gasteiger partial charge < -0.3 is 5.32 Å². The van der Waals surface area contributed by atoms with Gasteiger partial charge in [0.05, 0.1) is 0 Å². The van der Waals surface area contributed by atoms with Crippen molar-refractivity contribution in [3.05, 3.63) is 30.1 Å². The molecule has 2 heterocycles. The van der Waals surface area contributed by atoms with Gasteiger partial charge >= 0.3 is 0 Å². The second-order valence-electron chi connectivity index (χ2n) is 4.14. The predicted molar refractivity (Wildman–Crippen MR) is 61.6 cm³/mol. The van der Waals surface area contributed by atoms with E-state index in [0.29, 0.717) is 0 Å². The van der Waals surface area contributed by atoms with Crippen molar-refractivity contribution >= 4 is 0 Å². The molecule has 1 aromatic heterocycles. The van der Waals surface area contributed by atoms with E-state index in [9.17, 15) is 0 Å². The molecule has 3 nitrogen and oxygen atoms in total. The van der Waals surface area contributed by atoms with Crippen LogP contribution in [0.3, 0.4) is 0 Å². The summed E-state index contributed by atoms with van der Waals surface area (Å²) in [7, 11) is 0. The molecule has 0 bridgehead atoms. The fraction of sp³-hybridized carbons (Fsp3) is 0.583. The second-order valence-corrected chi connectivity index (χ2v) is 4.14. The monoisotopic (exact) mass is 205 g/mol. The minimum absolute atomic E-state index is 0.727. The average Bonchev–Trinajstić information content (AvgIpc) is 2.17. The summed E-state index contributed by atoms with van der Waals surface area (Å²) < 4.78 is 0. The maximum Gasteiger partial charge on any atom is 0.0348 e. The number of pyridine rings is 1. The standard InChI is InChI=1S/C12H19N3/c1-2-6-15(12-8-14-9-12)10-11-4-3-5-13-7-11/h3-5,7,12,14H,2,6,8-10H2,1H3. The van der Waals surface area contributed by atoms with E-state index >= 15 is 0 Å². The molecule has 1 aliphatic rings. The van der Waals surface area contributed by atoms with Crippen molar-refractivity contribution in [3.63, 3.8) is 0 Å². The lowest BCUT2D eigenvalue weighted by Crippen LogP contribution is -2.56. The summed E-state index contributed by atoms with van der Waals surface area (Å²) >= 11 is 0. The van der Waals surface area contributed by atoms with Crippen LogP contribution in [0.25, 0.3) is 0 Å². The fourth-order valence-corrected chi connectivity index (χ4v) is 1.94. The second kappa shape index (κ2) is 5.24. The molecule has 1 aliphatic heterocycles. The van der Waals surface area contributed by atoms with Crippen LogP contribution in [0.15, 0.2) is 24.5 Å². The molecule has 1 N–H and O–H groups in total. The van der Waals surface area contributed by atoms with E-state index < -0.39 is 0 Å². The van der Waals surface area contributed by atoms with Crippen LogP contribution in [0.1, 0.15) is 18.9 Å². The number of nitrogens with one attached hydrogen (secondary N) is 1. The molecule has 1 fully saturated rings. The van der Waals surface area contributed by atoms with Crippen molar-refractivity contribution in [2.45, 2.75) is 25.9 Å². The van der Waals surface area contributed by atoms with Gasteiger partial charge in [-0.2, -0.15) is 0 Å². The predicted octanol–water partition coefficient (Wildman–Crippen LogP) is 1.27. The van der Waals surface area contributed by atoms with Gasteiger partial charge in [-0.3, -0.25) is 9.88 Å². The molecule has 2 rings (SSSR count). The lowest BCUT2D eigenvalue weighted by molar-refractivity contribution is 0.137. The summed E-state index contributed by atoms with van der Waals surface area (Å²) in [6.07, 6.45) is 5.02. The highest BCUT2D eigenvalue weighted by Gasteiger charge is 2.23. The smallest absolute Gasteiger partial charge is 0.0348 e. The van der Waals surface area contributed by atoms with Crippen molar-refractivity contribution in [2.24, 2.45) is 0 Å². The van der Waals surface area contributed by atoms with E-state index in [-0.39, 0.29) is 0 Å². The Balaban J connectivity index is 1.93. The molecule has 0 unspecified atom stereocenters. The Morgan fingerprint density at radius 3 is 2.93 bits per heavy atom. The molecular formula is C12H19N3. The summed E-state index contributed by atoms with van der Waals surface area (Å²) in [6.45, 7) is 6.73. The Kier molecular flexibility index (Phi) is 3.69. The van der Waals surface area contributed by atoms with Gasteiger partial charge in [0.15, 0.2) is 0 Å². The van der Waals surface area contributed by atoms with Crippen LogP contribution in [0.2, 0.25) is 0 Å². The van der Waals surface area contributed by atoms with Gasteiger partial charge in [0, 0.05) is 38.1 Å². The summed E-state index contributed by atoms with van der Waals surface area (Å²) in [6, 6.07) is 4.89. The molecule has 0 radical (unpaired) electrons. The highest BCUT2D eigenvalue weighted by molar-refractivity contribution is 5.08. The Hall–Kier alpha value is -0.930. The molecule has 0 aromatic carbocycles. The molecule has 3 heteroatoms. The summed E-state index contributed by atoms with van der Waals surface area (Å²) in [4.78, 5) is 6.71. The lowest BCUT2D eigenvalue weighted by atomic mass is 10.1. The van der Waals surface area contributed by atoms with Gasteiger partial charge in [0.1, 0.15) is 0 Å². The van der Waals surface area contributed by atoms with Gasteiger partial charge in [-0.1, -0.05) is 13.0 Å². The molecule has 0 saturated carbocycles. The topological polar surface area (TPSA) is 28.2 Å². The normalized spacial score (nSPS) is 16.7. The van der Waals surface area contributed by atoms with Crippen LogP contribution in [0.5, 0.6) is 0 Å². The fourth-order valence-electron chi connectivity index (χ4n) is 1.94. The zero-order chi connectivity index (χ0) is 10.5. The highest BCUT2D eigenvalue weighted by Crippen LogP contribution is 2.10. The quantitative estimate of drug-likeness (QED) is 0.784. The Labute approximate surface area is 91.5 Å². The van der Waals surface area contributed by atoms with Crippen molar-refractivity contribution in [1.82, 2.24) is 15.2 Å². The number of hydrogen-bond acceptors (Lipinski definition) is 3. The minimum atomic E-state index is 0.727. The van der Waals surface area contributed by atoms with Gasteiger partial charge in [-0.25, -0.2) is 0 Å². The number of hydrogen-bond donors (Lipinski definition) is 1. The Morgan fingerprint density at radius 2 is 2.40 bits per heavy atom. The van der Waals surface area contributed by atoms with Crippen LogP contribution < -0.4 is 5.32 Å². The van der Waals surface area contributed by atoms with Gasteiger partial charge in [0.2, 0.25) is 0 Å². The van der Waals surface area contributed by atoms with E-state index in [4.69, 9.17) is 0 Å². The van der Waals surface area contributed by atoms with E-state index in [2.05, 4.69) is 28.2 Å². The third kappa shape index (κ3) is 2.76. The van der Waals surface area contributed by atoms with Crippen LogP contribution in [0.4, 0.5) is 0 Å². The van der Waals surface area contributed by atoms with Crippen molar-refractivity contribution < 1.29 is 0 Å². The number of rotatable bonds is 5. The maximum atomic E-state index is 4.16. The molecular weight excluding hydrogens is 186 g/mol. The summed E-state index contributed by atoms with van der Waals surface area (Å²) in [5.41, 5.74) is 1.32. The molecule has 0 atom stereocenters. The molecule has 0 spiro atoms. The minimum Gasteiger partial charge on any atom is -0.314 e. The lowest BCUT2D eigenvalue weighted by Gasteiger charge is -2.38.